The Bertz CT molecular complexity index is 531. The molecule has 0 aliphatic carbocycles. The van der Waals surface area contributed by atoms with E-state index in [-0.39, 0.29) is 0 Å². The largest absolute Gasteiger partial charge is 0.477 e. The fourth-order valence-electron chi connectivity index (χ4n) is 2.39. The molecule has 0 radical (unpaired) electrons. The molecule has 2 aromatic rings. The number of ether oxygens (including phenoxy) is 1. The Morgan fingerprint density at radius 3 is 3.28 bits per heavy atom. The van der Waals surface area contributed by atoms with Gasteiger partial charge in [0.05, 0.1) is 6.61 Å². The predicted octanol–water partition coefficient (Wildman–Crippen LogP) is 1.42. The van der Waals surface area contributed by atoms with Crippen molar-refractivity contribution in [1.82, 2.24) is 19.9 Å². The zero-order valence-electron chi connectivity index (χ0n) is 10.6. The third kappa shape index (κ3) is 2.31. The molecule has 1 unspecified atom stereocenters. The van der Waals surface area contributed by atoms with Gasteiger partial charge in [-0.3, -0.25) is 0 Å². The molecule has 1 fully saturated rings. The second-order valence-corrected chi connectivity index (χ2v) is 4.92. The fourth-order valence-corrected chi connectivity index (χ4v) is 2.39. The smallest absolute Gasteiger partial charge is 0.216 e. The highest BCUT2D eigenvalue weighted by Crippen LogP contribution is 2.18. The van der Waals surface area contributed by atoms with Gasteiger partial charge in [0.25, 0.3) is 0 Å². The van der Waals surface area contributed by atoms with Gasteiger partial charge in [-0.1, -0.05) is 0 Å². The van der Waals surface area contributed by atoms with E-state index >= 15 is 0 Å². The van der Waals surface area contributed by atoms with Crippen molar-refractivity contribution in [2.75, 3.05) is 19.7 Å². The number of piperidine rings is 1. The third-order valence-electron chi connectivity index (χ3n) is 3.36. The zero-order chi connectivity index (χ0) is 12.4. The van der Waals surface area contributed by atoms with E-state index < -0.39 is 0 Å². The monoisotopic (exact) mass is 246 g/mol. The van der Waals surface area contributed by atoms with E-state index in [1.165, 1.54) is 12.8 Å². The molecule has 1 saturated heterocycles. The molecule has 0 aromatic carbocycles. The van der Waals surface area contributed by atoms with E-state index in [1.807, 2.05) is 19.1 Å². The molecule has 18 heavy (non-hydrogen) atoms. The summed E-state index contributed by atoms with van der Waals surface area (Å²) in [7, 11) is 0. The summed E-state index contributed by atoms with van der Waals surface area (Å²) in [4.78, 5) is 4.19. The maximum absolute atomic E-state index is 5.92. The van der Waals surface area contributed by atoms with Crippen molar-refractivity contribution >= 4 is 5.65 Å². The topological polar surface area (TPSA) is 51.5 Å². The first-order chi connectivity index (χ1) is 8.83. The van der Waals surface area contributed by atoms with Crippen LogP contribution in [0.15, 0.2) is 18.5 Å². The van der Waals surface area contributed by atoms with E-state index in [1.54, 1.807) is 10.8 Å². The van der Waals surface area contributed by atoms with Crippen LogP contribution in [0.25, 0.3) is 5.65 Å². The Labute approximate surface area is 106 Å². The molecule has 0 bridgehead atoms. The number of nitrogens with one attached hydrogen (secondary N) is 1. The van der Waals surface area contributed by atoms with Crippen molar-refractivity contribution in [3.8, 4) is 5.88 Å². The van der Waals surface area contributed by atoms with Gasteiger partial charge in [-0.15, -0.1) is 0 Å². The van der Waals surface area contributed by atoms with Crippen LogP contribution < -0.4 is 10.1 Å². The van der Waals surface area contributed by atoms with E-state index in [4.69, 9.17) is 4.74 Å². The van der Waals surface area contributed by atoms with Gasteiger partial charge in [0.15, 0.2) is 5.65 Å². The minimum Gasteiger partial charge on any atom is -0.477 e. The summed E-state index contributed by atoms with van der Waals surface area (Å²) in [6.45, 7) is 4.97. The van der Waals surface area contributed by atoms with Crippen LogP contribution in [0.2, 0.25) is 0 Å². The molecule has 96 valence electrons. The Morgan fingerprint density at radius 2 is 2.44 bits per heavy atom. The number of pyridine rings is 1. The standard InChI is InChI=1S/C13H18N4O/c1-10-5-12-15-9-16-17(12)13(6-10)18-8-11-3-2-4-14-7-11/h5-6,9,11,14H,2-4,7-8H2,1H3. The summed E-state index contributed by atoms with van der Waals surface area (Å²) in [6.07, 6.45) is 4.03. The lowest BCUT2D eigenvalue weighted by atomic mass is 10.0. The van der Waals surface area contributed by atoms with Gasteiger partial charge in [0.1, 0.15) is 6.33 Å². The predicted molar refractivity (Wildman–Crippen MR) is 68.8 cm³/mol. The first kappa shape index (κ1) is 11.5. The van der Waals surface area contributed by atoms with E-state index in [0.717, 1.165) is 36.8 Å². The highest BCUT2D eigenvalue weighted by atomic mass is 16.5. The number of nitrogens with zero attached hydrogens (tertiary/aromatic N) is 3. The second-order valence-electron chi connectivity index (χ2n) is 4.92. The number of rotatable bonds is 3. The second kappa shape index (κ2) is 4.94. The molecule has 0 spiro atoms. The highest BCUT2D eigenvalue weighted by Gasteiger charge is 2.14. The molecule has 0 saturated carbocycles. The lowest BCUT2D eigenvalue weighted by molar-refractivity contribution is 0.208. The molecule has 1 atom stereocenters. The molecule has 2 aromatic heterocycles. The molecule has 1 aliphatic heterocycles. The summed E-state index contributed by atoms with van der Waals surface area (Å²) < 4.78 is 7.67. The van der Waals surface area contributed by atoms with Crippen LogP contribution >= 0.6 is 0 Å². The lowest BCUT2D eigenvalue weighted by Crippen LogP contribution is -2.33. The maximum Gasteiger partial charge on any atom is 0.216 e. The van der Waals surface area contributed by atoms with E-state index in [0.29, 0.717) is 5.92 Å². The molecule has 5 nitrogen and oxygen atoms in total. The molecule has 3 rings (SSSR count). The zero-order valence-corrected chi connectivity index (χ0v) is 10.6. The van der Waals surface area contributed by atoms with Gasteiger partial charge in [-0.25, -0.2) is 4.98 Å². The van der Waals surface area contributed by atoms with Crippen molar-refractivity contribution in [3.05, 3.63) is 24.0 Å². The summed E-state index contributed by atoms with van der Waals surface area (Å²) in [5, 5.41) is 7.59. The van der Waals surface area contributed by atoms with Crippen LogP contribution in [0, 0.1) is 12.8 Å². The van der Waals surface area contributed by atoms with Crippen molar-refractivity contribution < 1.29 is 4.74 Å². The van der Waals surface area contributed by atoms with Crippen LogP contribution in [0.3, 0.4) is 0 Å². The van der Waals surface area contributed by atoms with Crippen molar-refractivity contribution in [2.45, 2.75) is 19.8 Å². The Hall–Kier alpha value is -1.62. The summed E-state index contributed by atoms with van der Waals surface area (Å²) in [6, 6.07) is 4.01. The molecule has 5 heteroatoms. The molecule has 0 amide bonds. The summed E-state index contributed by atoms with van der Waals surface area (Å²) >= 11 is 0. The number of aryl methyl sites for hydroxylation is 1. The Balaban J connectivity index is 1.75. The lowest BCUT2D eigenvalue weighted by Gasteiger charge is -2.22. The van der Waals surface area contributed by atoms with Gasteiger partial charge in [-0.2, -0.15) is 9.61 Å². The number of aromatic nitrogens is 3. The quantitative estimate of drug-likeness (QED) is 0.889. The number of hydrogen-bond donors (Lipinski definition) is 1. The van der Waals surface area contributed by atoms with Gasteiger partial charge >= 0.3 is 0 Å². The summed E-state index contributed by atoms with van der Waals surface area (Å²) in [5.41, 5.74) is 1.99. The van der Waals surface area contributed by atoms with E-state index in [2.05, 4.69) is 15.4 Å². The van der Waals surface area contributed by atoms with Crippen LogP contribution in [0.1, 0.15) is 18.4 Å². The average molecular weight is 246 g/mol. The highest BCUT2D eigenvalue weighted by molar-refractivity contribution is 5.43. The first-order valence-corrected chi connectivity index (χ1v) is 6.47. The molecule has 3 heterocycles. The van der Waals surface area contributed by atoms with Crippen molar-refractivity contribution in [3.63, 3.8) is 0 Å². The van der Waals surface area contributed by atoms with Gasteiger partial charge < -0.3 is 10.1 Å². The van der Waals surface area contributed by atoms with E-state index in [9.17, 15) is 0 Å². The fraction of sp³-hybridized carbons (Fsp3) is 0.538. The number of hydrogen-bond acceptors (Lipinski definition) is 4. The van der Waals surface area contributed by atoms with Crippen LogP contribution in [-0.2, 0) is 0 Å². The maximum atomic E-state index is 5.92. The molecular formula is C13H18N4O. The first-order valence-electron chi connectivity index (χ1n) is 6.47. The van der Waals surface area contributed by atoms with Gasteiger partial charge in [-0.05, 0) is 37.9 Å². The van der Waals surface area contributed by atoms with Crippen LogP contribution in [0.5, 0.6) is 5.88 Å². The molecular weight excluding hydrogens is 228 g/mol. The normalized spacial score (nSPS) is 20.2. The SMILES string of the molecule is Cc1cc(OCC2CCCNC2)n2ncnc2c1. The Kier molecular flexibility index (Phi) is 3.15. The number of fused-ring (bicyclic) bond motifs is 1. The molecule has 1 aliphatic rings. The minimum atomic E-state index is 0.595. The minimum absolute atomic E-state index is 0.595. The molecule has 1 N–H and O–H groups in total. The van der Waals surface area contributed by atoms with Gasteiger partial charge in [0, 0.05) is 18.5 Å². The van der Waals surface area contributed by atoms with Gasteiger partial charge in [0.2, 0.25) is 5.88 Å². The van der Waals surface area contributed by atoms with Crippen molar-refractivity contribution in [2.24, 2.45) is 5.92 Å². The average Bonchev–Trinajstić information content (AvgIpc) is 2.85. The van der Waals surface area contributed by atoms with Crippen molar-refractivity contribution in [1.29, 1.82) is 0 Å². The summed E-state index contributed by atoms with van der Waals surface area (Å²) in [5.74, 6) is 1.38. The van der Waals surface area contributed by atoms with Crippen LogP contribution in [0.4, 0.5) is 0 Å². The third-order valence-corrected chi connectivity index (χ3v) is 3.36. The van der Waals surface area contributed by atoms with Crippen LogP contribution in [-0.4, -0.2) is 34.3 Å². The Morgan fingerprint density at radius 1 is 1.50 bits per heavy atom.